The molecule has 1 aliphatic heterocycles. The Labute approximate surface area is 195 Å². The van der Waals surface area contributed by atoms with Crippen molar-refractivity contribution in [2.45, 2.75) is 13.1 Å². The van der Waals surface area contributed by atoms with E-state index in [0.717, 1.165) is 72.8 Å². The number of benzene rings is 2. The van der Waals surface area contributed by atoms with Crippen LogP contribution in [0.5, 0.6) is 11.5 Å². The van der Waals surface area contributed by atoms with E-state index in [1.54, 1.807) is 14.2 Å². The van der Waals surface area contributed by atoms with Gasteiger partial charge in [-0.05, 0) is 23.8 Å². The molecule has 0 radical (unpaired) electrons. The third-order valence-corrected chi connectivity index (χ3v) is 5.89. The first-order valence-electron chi connectivity index (χ1n) is 11.2. The molecule has 0 spiro atoms. The molecule has 1 saturated heterocycles. The lowest BCUT2D eigenvalue weighted by Gasteiger charge is -2.36. The van der Waals surface area contributed by atoms with E-state index in [1.807, 2.05) is 43.6 Å². The molecule has 33 heavy (non-hydrogen) atoms. The van der Waals surface area contributed by atoms with Crippen LogP contribution in [0.25, 0.3) is 11.3 Å². The number of rotatable bonds is 7. The molecule has 1 aromatic heterocycles. The molecule has 0 unspecified atom stereocenters. The highest BCUT2D eigenvalue weighted by Crippen LogP contribution is 2.25. The molecular weight excluding hydrogens is 416 g/mol. The molecule has 8 heteroatoms. The Balaban J connectivity index is 1.30. The summed E-state index contributed by atoms with van der Waals surface area (Å²) in [5.74, 6) is 3.52. The second-order valence-corrected chi connectivity index (χ2v) is 7.95. The zero-order valence-corrected chi connectivity index (χ0v) is 19.5. The molecule has 0 atom stereocenters. The van der Waals surface area contributed by atoms with Crippen molar-refractivity contribution in [3.63, 3.8) is 0 Å². The molecule has 2 aromatic carbocycles. The summed E-state index contributed by atoms with van der Waals surface area (Å²) >= 11 is 0. The van der Waals surface area contributed by atoms with Crippen LogP contribution in [0.3, 0.4) is 0 Å². The maximum absolute atomic E-state index is 5.54. The summed E-state index contributed by atoms with van der Waals surface area (Å²) in [6, 6.07) is 16.2. The third kappa shape index (κ3) is 5.64. The molecule has 2 heterocycles. The van der Waals surface area contributed by atoms with Gasteiger partial charge in [-0.2, -0.15) is 0 Å². The van der Waals surface area contributed by atoms with Gasteiger partial charge in [-0.3, -0.25) is 9.89 Å². The van der Waals surface area contributed by atoms with Gasteiger partial charge < -0.3 is 24.7 Å². The van der Waals surface area contributed by atoms with Crippen molar-refractivity contribution >= 4 is 5.96 Å². The number of nitrogens with one attached hydrogen (secondary N) is 2. The SMILES string of the molecule is CN=C(NCc1ncc(-c2ccccc2)[nH]1)N1CCN(Cc2cc(OC)ccc2OC)CC1. The van der Waals surface area contributed by atoms with Gasteiger partial charge in [0.25, 0.3) is 0 Å². The lowest BCUT2D eigenvalue weighted by atomic mass is 10.1. The monoisotopic (exact) mass is 448 g/mol. The summed E-state index contributed by atoms with van der Waals surface area (Å²) in [5.41, 5.74) is 3.29. The van der Waals surface area contributed by atoms with Gasteiger partial charge in [0.1, 0.15) is 17.3 Å². The van der Waals surface area contributed by atoms with Crippen molar-refractivity contribution in [3.05, 3.63) is 66.1 Å². The van der Waals surface area contributed by atoms with Crippen LogP contribution in [0.4, 0.5) is 0 Å². The largest absolute Gasteiger partial charge is 0.497 e. The fraction of sp³-hybridized carbons (Fsp3) is 0.360. The number of H-pyrrole nitrogens is 1. The van der Waals surface area contributed by atoms with Crippen molar-refractivity contribution in [3.8, 4) is 22.8 Å². The van der Waals surface area contributed by atoms with Gasteiger partial charge >= 0.3 is 0 Å². The van der Waals surface area contributed by atoms with Crippen LogP contribution in [0.15, 0.2) is 59.7 Å². The van der Waals surface area contributed by atoms with Gasteiger partial charge in [-0.25, -0.2) is 4.98 Å². The summed E-state index contributed by atoms with van der Waals surface area (Å²) in [7, 11) is 5.22. The van der Waals surface area contributed by atoms with Gasteiger partial charge in [0.2, 0.25) is 0 Å². The second kappa shape index (κ2) is 10.9. The number of piperazine rings is 1. The Morgan fingerprint density at radius 1 is 1.06 bits per heavy atom. The van der Waals surface area contributed by atoms with Gasteiger partial charge in [-0.15, -0.1) is 0 Å². The molecule has 0 amide bonds. The van der Waals surface area contributed by atoms with Crippen molar-refractivity contribution < 1.29 is 9.47 Å². The van der Waals surface area contributed by atoms with E-state index in [1.165, 1.54) is 0 Å². The second-order valence-electron chi connectivity index (χ2n) is 7.95. The quantitative estimate of drug-likeness (QED) is 0.427. The predicted molar refractivity (Wildman–Crippen MR) is 131 cm³/mol. The topological polar surface area (TPSA) is 78.0 Å². The van der Waals surface area contributed by atoms with E-state index in [0.29, 0.717) is 6.54 Å². The molecule has 2 N–H and O–H groups in total. The summed E-state index contributed by atoms with van der Waals surface area (Å²) in [6.07, 6.45) is 1.88. The maximum Gasteiger partial charge on any atom is 0.194 e. The lowest BCUT2D eigenvalue weighted by Crippen LogP contribution is -2.52. The Bertz CT molecular complexity index is 1060. The van der Waals surface area contributed by atoms with Crippen LogP contribution in [0, 0.1) is 0 Å². The molecule has 1 aliphatic rings. The lowest BCUT2D eigenvalue weighted by molar-refractivity contribution is 0.171. The van der Waals surface area contributed by atoms with Crippen LogP contribution in [0.2, 0.25) is 0 Å². The third-order valence-electron chi connectivity index (χ3n) is 5.89. The molecule has 3 aromatic rings. The first-order chi connectivity index (χ1) is 16.2. The molecular formula is C25H32N6O2. The number of aliphatic imine (C=N–C) groups is 1. The normalized spacial score (nSPS) is 14.9. The highest BCUT2D eigenvalue weighted by atomic mass is 16.5. The first kappa shape index (κ1) is 22.7. The number of guanidine groups is 1. The van der Waals surface area contributed by atoms with E-state index in [4.69, 9.17) is 9.47 Å². The first-order valence-corrected chi connectivity index (χ1v) is 11.2. The van der Waals surface area contributed by atoms with E-state index in [2.05, 4.69) is 48.3 Å². The summed E-state index contributed by atoms with van der Waals surface area (Å²) < 4.78 is 10.9. The molecule has 174 valence electrons. The smallest absolute Gasteiger partial charge is 0.194 e. The van der Waals surface area contributed by atoms with E-state index >= 15 is 0 Å². The zero-order valence-electron chi connectivity index (χ0n) is 19.5. The van der Waals surface area contributed by atoms with Crippen LogP contribution in [-0.2, 0) is 13.1 Å². The summed E-state index contributed by atoms with van der Waals surface area (Å²) in [6.45, 7) is 5.12. The average Bonchev–Trinajstić information content (AvgIpc) is 3.35. The van der Waals surface area contributed by atoms with Crippen LogP contribution in [0.1, 0.15) is 11.4 Å². The Hall–Kier alpha value is -3.52. The number of nitrogens with zero attached hydrogens (tertiary/aromatic N) is 4. The molecule has 0 bridgehead atoms. The summed E-state index contributed by atoms with van der Waals surface area (Å²) in [5, 5.41) is 3.45. The number of aromatic amines is 1. The van der Waals surface area contributed by atoms with Gasteiger partial charge in [0, 0.05) is 45.3 Å². The van der Waals surface area contributed by atoms with Gasteiger partial charge in [-0.1, -0.05) is 30.3 Å². The average molecular weight is 449 g/mol. The number of hydrogen-bond acceptors (Lipinski definition) is 5. The summed E-state index contributed by atoms with van der Waals surface area (Å²) in [4.78, 5) is 17.1. The number of methoxy groups -OCH3 is 2. The number of imidazole rings is 1. The fourth-order valence-electron chi connectivity index (χ4n) is 4.08. The Kier molecular flexibility index (Phi) is 7.47. The van der Waals surface area contributed by atoms with Crippen molar-refractivity contribution in [1.82, 2.24) is 25.1 Å². The van der Waals surface area contributed by atoms with Gasteiger partial charge in [0.05, 0.1) is 32.7 Å². The van der Waals surface area contributed by atoms with E-state index in [-0.39, 0.29) is 0 Å². The molecule has 8 nitrogen and oxygen atoms in total. The minimum absolute atomic E-state index is 0.598. The minimum Gasteiger partial charge on any atom is -0.497 e. The Morgan fingerprint density at radius 2 is 1.85 bits per heavy atom. The predicted octanol–water partition coefficient (Wildman–Crippen LogP) is 2.99. The van der Waals surface area contributed by atoms with Crippen LogP contribution in [-0.4, -0.2) is 73.2 Å². The van der Waals surface area contributed by atoms with Crippen LogP contribution < -0.4 is 14.8 Å². The number of aromatic nitrogens is 2. The highest BCUT2D eigenvalue weighted by molar-refractivity contribution is 5.80. The van der Waals surface area contributed by atoms with Crippen LogP contribution >= 0.6 is 0 Å². The molecule has 1 fully saturated rings. The maximum atomic E-state index is 5.54. The molecule has 0 saturated carbocycles. The van der Waals surface area contributed by atoms with E-state index in [9.17, 15) is 0 Å². The van der Waals surface area contributed by atoms with Crippen molar-refractivity contribution in [2.24, 2.45) is 4.99 Å². The Morgan fingerprint density at radius 3 is 2.55 bits per heavy atom. The highest BCUT2D eigenvalue weighted by Gasteiger charge is 2.21. The van der Waals surface area contributed by atoms with Crippen molar-refractivity contribution in [2.75, 3.05) is 47.4 Å². The van der Waals surface area contributed by atoms with Crippen molar-refractivity contribution in [1.29, 1.82) is 0 Å². The standard InChI is InChI=1S/C25H32N6O2/c1-26-25(28-17-24-27-16-22(29-24)19-7-5-4-6-8-19)31-13-11-30(12-14-31)18-20-15-21(32-2)9-10-23(20)33-3/h4-10,15-16H,11-14,17-18H2,1-3H3,(H,26,28)(H,27,29). The molecule has 4 rings (SSSR count). The van der Waals surface area contributed by atoms with E-state index < -0.39 is 0 Å². The fourth-order valence-corrected chi connectivity index (χ4v) is 4.08. The molecule has 0 aliphatic carbocycles. The minimum atomic E-state index is 0.598. The van der Waals surface area contributed by atoms with Gasteiger partial charge in [0.15, 0.2) is 5.96 Å². The number of hydrogen-bond donors (Lipinski definition) is 2. The number of ether oxygens (including phenoxy) is 2. The zero-order chi connectivity index (χ0) is 23.0.